The molecule has 0 saturated carbocycles. The Morgan fingerprint density at radius 3 is 2.62 bits per heavy atom. The topological polar surface area (TPSA) is 135 Å². The highest BCUT2D eigenvalue weighted by Gasteiger charge is 2.17. The van der Waals surface area contributed by atoms with E-state index < -0.39 is 16.2 Å². The van der Waals surface area contributed by atoms with Gasteiger partial charge in [0, 0.05) is 5.56 Å². The second kappa shape index (κ2) is 8.13. The molecule has 10 nitrogen and oxygen atoms in total. The van der Waals surface area contributed by atoms with E-state index in [-0.39, 0.29) is 17.6 Å². The molecule has 2 rings (SSSR count). The van der Waals surface area contributed by atoms with Crippen molar-refractivity contribution in [3.8, 4) is 17.9 Å². The summed E-state index contributed by atoms with van der Waals surface area (Å²) in [5.41, 5.74) is 0.707. The Kier molecular flexibility index (Phi) is 5.92. The number of carbonyl (C=O) groups excluding carboxylic acids is 1. The Bertz CT molecular complexity index is 981. The number of ether oxygens (including phenoxy) is 1. The monoisotopic (exact) mass is 376 g/mol. The Labute approximate surface area is 150 Å². The largest absolute Gasteiger partial charge is 0.467 e. The van der Waals surface area contributed by atoms with Crippen LogP contribution in [0.2, 0.25) is 0 Å². The minimum Gasteiger partial charge on any atom is -0.467 e. The molecule has 0 unspecified atom stereocenters. The summed E-state index contributed by atoms with van der Waals surface area (Å²) in [4.78, 5) is 23.4. The lowest BCUT2D eigenvalue weighted by molar-refractivity contribution is 0.256. The summed E-state index contributed by atoms with van der Waals surface area (Å²) in [5, 5.41) is 2.20. The molecule has 0 radical (unpaired) electrons. The van der Waals surface area contributed by atoms with Crippen molar-refractivity contribution in [3.05, 3.63) is 35.7 Å². The molecule has 26 heavy (non-hydrogen) atoms. The van der Waals surface area contributed by atoms with Gasteiger partial charge in [-0.05, 0) is 26.0 Å². The van der Waals surface area contributed by atoms with Gasteiger partial charge in [-0.3, -0.25) is 10.0 Å². The molecule has 0 aliphatic heterocycles. The molecule has 0 aliphatic rings. The number of anilines is 2. The first-order valence-electron chi connectivity index (χ1n) is 7.23. The molecule has 0 bridgehead atoms. The molecule has 0 spiro atoms. The number of methoxy groups -OCH3 is 1. The Morgan fingerprint density at radius 2 is 1.92 bits per heavy atom. The molecule has 0 atom stereocenters. The quantitative estimate of drug-likeness (QED) is 0.663. The van der Waals surface area contributed by atoms with Gasteiger partial charge in [0.15, 0.2) is 0 Å². The van der Waals surface area contributed by atoms with Crippen LogP contribution in [0.3, 0.4) is 0 Å². The average Bonchev–Trinajstić information content (AvgIpc) is 2.55. The van der Waals surface area contributed by atoms with E-state index in [1.54, 1.807) is 36.8 Å². The van der Waals surface area contributed by atoms with Crippen LogP contribution in [-0.4, -0.2) is 36.5 Å². The van der Waals surface area contributed by atoms with Crippen molar-refractivity contribution in [2.75, 3.05) is 17.1 Å². The zero-order valence-electron chi connectivity index (χ0n) is 14.2. The lowest BCUT2D eigenvalue weighted by atomic mass is 10.2. The zero-order valence-corrected chi connectivity index (χ0v) is 15.0. The van der Waals surface area contributed by atoms with Crippen LogP contribution < -0.4 is 19.5 Å². The van der Waals surface area contributed by atoms with E-state index in [0.29, 0.717) is 11.4 Å². The first-order chi connectivity index (χ1) is 12.3. The molecule has 1 aromatic carbocycles. The summed E-state index contributed by atoms with van der Waals surface area (Å²) < 4.78 is 33.2. The van der Waals surface area contributed by atoms with Crippen LogP contribution in [0.25, 0.3) is 0 Å². The fourth-order valence-electron chi connectivity index (χ4n) is 1.84. The van der Waals surface area contributed by atoms with Crippen molar-refractivity contribution in [2.24, 2.45) is 0 Å². The zero-order chi connectivity index (χ0) is 19.2. The molecular weight excluding hydrogens is 360 g/mol. The Hall–Kier alpha value is -3.39. The number of nitrogens with one attached hydrogen (secondary N) is 3. The predicted octanol–water partition coefficient (Wildman–Crippen LogP) is 1.04. The second-order valence-electron chi connectivity index (χ2n) is 4.78. The number of amides is 2. The first-order valence-corrected chi connectivity index (χ1v) is 8.71. The summed E-state index contributed by atoms with van der Waals surface area (Å²) in [6.45, 7) is 3.19. The number of aryl methyl sites for hydroxylation is 1. The number of para-hydroxylation sites is 1. The Morgan fingerprint density at radius 1 is 1.19 bits per heavy atom. The van der Waals surface area contributed by atoms with E-state index in [2.05, 4.69) is 36.8 Å². The number of carbonyl (C=O) groups is 1. The summed E-state index contributed by atoms with van der Waals surface area (Å²) in [7, 11) is -2.85. The van der Waals surface area contributed by atoms with E-state index in [1.165, 1.54) is 13.2 Å². The van der Waals surface area contributed by atoms with Gasteiger partial charge in [-0.15, -0.1) is 5.92 Å². The van der Waals surface area contributed by atoms with Crippen LogP contribution in [0.5, 0.6) is 6.01 Å². The van der Waals surface area contributed by atoms with Gasteiger partial charge in [0.25, 0.3) is 0 Å². The van der Waals surface area contributed by atoms with Crippen LogP contribution in [0.15, 0.2) is 24.3 Å². The third kappa shape index (κ3) is 5.32. The molecule has 2 aromatic rings. The van der Waals surface area contributed by atoms with Crippen LogP contribution in [0.4, 0.5) is 16.4 Å². The fraction of sp³-hybridized carbons (Fsp3) is 0.200. The van der Waals surface area contributed by atoms with E-state index in [1.807, 2.05) is 0 Å². The summed E-state index contributed by atoms with van der Waals surface area (Å²) in [5.74, 6) is 5.58. The van der Waals surface area contributed by atoms with E-state index in [9.17, 15) is 13.2 Å². The van der Waals surface area contributed by atoms with E-state index in [0.717, 1.165) is 0 Å². The summed E-state index contributed by atoms with van der Waals surface area (Å²) in [6, 6.07) is 5.46. The minimum absolute atomic E-state index is 0.0131. The molecule has 0 aliphatic carbocycles. The molecular formula is C15H16N6O4S. The van der Waals surface area contributed by atoms with Gasteiger partial charge in [0.05, 0.1) is 12.8 Å². The number of rotatable bonds is 5. The van der Waals surface area contributed by atoms with Gasteiger partial charge in [-0.2, -0.15) is 23.4 Å². The van der Waals surface area contributed by atoms with Gasteiger partial charge in [0.1, 0.15) is 5.82 Å². The number of benzene rings is 1. The Balaban J connectivity index is 2.10. The molecule has 1 aromatic heterocycles. The molecule has 3 N–H and O–H groups in total. The summed E-state index contributed by atoms with van der Waals surface area (Å²) >= 11 is 0. The van der Waals surface area contributed by atoms with Crippen LogP contribution in [0, 0.1) is 18.8 Å². The van der Waals surface area contributed by atoms with E-state index >= 15 is 0 Å². The van der Waals surface area contributed by atoms with Crippen molar-refractivity contribution in [3.63, 3.8) is 0 Å². The van der Waals surface area contributed by atoms with Crippen molar-refractivity contribution in [1.29, 1.82) is 0 Å². The standard InChI is InChI=1S/C15H16N6O4S/c1-4-7-11-8-5-6-9-12(11)20-26(23,24)21-14(22)18-13-16-10(2)17-15(19-13)25-3/h5-6,8-9,20H,1-3H3,(H2,16,17,18,19,21,22). The second-order valence-corrected chi connectivity index (χ2v) is 6.19. The van der Waals surface area contributed by atoms with E-state index in [4.69, 9.17) is 4.74 Å². The maximum absolute atomic E-state index is 12.1. The van der Waals surface area contributed by atoms with Crippen LogP contribution in [-0.2, 0) is 10.2 Å². The van der Waals surface area contributed by atoms with Crippen molar-refractivity contribution in [1.82, 2.24) is 19.7 Å². The minimum atomic E-state index is -4.20. The number of nitrogens with zero attached hydrogens (tertiary/aromatic N) is 3. The number of hydrogen-bond donors (Lipinski definition) is 3. The van der Waals surface area contributed by atoms with Gasteiger partial charge < -0.3 is 4.74 Å². The van der Waals surface area contributed by atoms with Gasteiger partial charge >= 0.3 is 22.3 Å². The normalized spacial score (nSPS) is 10.3. The van der Waals surface area contributed by atoms with Crippen molar-refractivity contribution < 1.29 is 17.9 Å². The maximum atomic E-state index is 12.1. The average molecular weight is 376 g/mol. The highest BCUT2D eigenvalue weighted by Crippen LogP contribution is 2.15. The van der Waals surface area contributed by atoms with Crippen molar-refractivity contribution in [2.45, 2.75) is 13.8 Å². The lowest BCUT2D eigenvalue weighted by Crippen LogP contribution is -2.38. The van der Waals surface area contributed by atoms with Gasteiger partial charge in [0.2, 0.25) is 5.95 Å². The van der Waals surface area contributed by atoms with Gasteiger partial charge in [-0.25, -0.2) is 9.52 Å². The molecule has 2 amide bonds. The molecule has 1 heterocycles. The molecule has 0 saturated heterocycles. The molecule has 0 fully saturated rings. The predicted molar refractivity (Wildman–Crippen MR) is 94.8 cm³/mol. The third-order valence-electron chi connectivity index (χ3n) is 2.79. The van der Waals surface area contributed by atoms with Crippen molar-refractivity contribution >= 4 is 27.9 Å². The molecule has 11 heteroatoms. The third-order valence-corrected chi connectivity index (χ3v) is 3.74. The van der Waals surface area contributed by atoms with Crippen LogP contribution >= 0.6 is 0 Å². The maximum Gasteiger partial charge on any atom is 0.336 e. The SMILES string of the molecule is CC#Cc1ccccc1NS(=O)(=O)NC(=O)Nc1nc(C)nc(OC)n1. The first kappa shape index (κ1) is 18.9. The van der Waals surface area contributed by atoms with Gasteiger partial charge in [-0.1, -0.05) is 18.1 Å². The van der Waals surface area contributed by atoms with Crippen LogP contribution in [0.1, 0.15) is 18.3 Å². The number of urea groups is 1. The highest BCUT2D eigenvalue weighted by molar-refractivity contribution is 7.91. The number of aromatic nitrogens is 3. The fourth-order valence-corrected chi connectivity index (χ4v) is 2.65. The lowest BCUT2D eigenvalue weighted by Gasteiger charge is -2.11. The highest BCUT2D eigenvalue weighted by atomic mass is 32.2. The smallest absolute Gasteiger partial charge is 0.336 e. The summed E-state index contributed by atoms with van der Waals surface area (Å²) in [6.07, 6.45) is 0. The molecule has 136 valence electrons. The number of hydrogen-bond acceptors (Lipinski definition) is 7.